The van der Waals surface area contributed by atoms with E-state index in [2.05, 4.69) is 22.0 Å². The average molecular weight is 308 g/mol. The monoisotopic (exact) mass is 307 g/mol. The number of carbonyl (C=O) groups is 1. The van der Waals surface area contributed by atoms with Gasteiger partial charge in [-0.2, -0.15) is 0 Å². The van der Waals surface area contributed by atoms with Gasteiger partial charge in [0.1, 0.15) is 0 Å². The van der Waals surface area contributed by atoms with Crippen LogP contribution in [0.2, 0.25) is 0 Å². The Morgan fingerprint density at radius 1 is 1.40 bits per heavy atom. The fraction of sp³-hybridized carbons (Fsp3) is 0.429. The van der Waals surface area contributed by atoms with E-state index >= 15 is 0 Å². The topological polar surface area (TPSA) is 35.9 Å². The van der Waals surface area contributed by atoms with Crippen molar-refractivity contribution < 1.29 is 4.79 Å². The number of thioether (sulfide) groups is 1. The molecule has 1 unspecified atom stereocenters. The summed E-state index contributed by atoms with van der Waals surface area (Å²) >= 11 is 7.60. The highest BCUT2D eigenvalue weighted by molar-refractivity contribution is 8.14. The first-order valence-corrected chi connectivity index (χ1v) is 8.11. The predicted octanol–water partition coefficient (Wildman–Crippen LogP) is 2.56. The van der Waals surface area contributed by atoms with E-state index in [1.807, 2.05) is 11.0 Å². The minimum atomic E-state index is 0.177. The highest BCUT2D eigenvalue weighted by Gasteiger charge is 2.33. The summed E-state index contributed by atoms with van der Waals surface area (Å²) < 4.78 is 0. The number of amides is 1. The number of anilines is 2. The Morgan fingerprint density at radius 2 is 2.30 bits per heavy atom. The Kier molecular flexibility index (Phi) is 2.93. The molecule has 6 heteroatoms. The number of fused-ring (bicyclic) bond motifs is 3. The van der Waals surface area contributed by atoms with Crippen LogP contribution in [0.1, 0.15) is 6.42 Å². The Labute approximate surface area is 126 Å². The molecular formula is C14H14ClN3OS. The summed E-state index contributed by atoms with van der Waals surface area (Å²) in [6, 6.07) is 6.24. The summed E-state index contributed by atoms with van der Waals surface area (Å²) in [5.41, 5.74) is 2.17. The van der Waals surface area contributed by atoms with Crippen molar-refractivity contribution >= 4 is 45.8 Å². The van der Waals surface area contributed by atoms with Crippen LogP contribution in [0.15, 0.2) is 28.1 Å². The molecular weight excluding hydrogens is 294 g/mol. The van der Waals surface area contributed by atoms with Gasteiger partial charge in [0, 0.05) is 36.0 Å². The molecule has 1 atom stereocenters. The lowest BCUT2D eigenvalue weighted by Gasteiger charge is -2.19. The fourth-order valence-corrected chi connectivity index (χ4v) is 4.21. The van der Waals surface area contributed by atoms with Crippen molar-refractivity contribution in [2.45, 2.75) is 11.3 Å². The Morgan fingerprint density at radius 3 is 3.10 bits per heavy atom. The second-order valence-electron chi connectivity index (χ2n) is 5.30. The molecule has 0 radical (unpaired) electrons. The Bertz CT molecular complexity index is 618. The maximum absolute atomic E-state index is 12.1. The standard InChI is InChI=1S/C14H14ClN3OS/c15-7-9-5-13(19)18(8-9)10-1-2-12-11(6-10)17-4-3-16-14(17)20-12/h1-2,6,9H,3-5,7-8H2. The first kappa shape index (κ1) is 12.5. The second-order valence-corrected chi connectivity index (χ2v) is 6.62. The SMILES string of the molecule is O=C1CC(CCl)CN1c1ccc2c(c1)N1CCN=C1S2. The lowest BCUT2D eigenvalue weighted by Crippen LogP contribution is -2.25. The van der Waals surface area contributed by atoms with Gasteiger partial charge in [0.2, 0.25) is 5.91 Å². The normalized spacial score (nSPS) is 24.1. The zero-order valence-corrected chi connectivity index (χ0v) is 12.5. The first-order chi connectivity index (χ1) is 9.76. The molecule has 3 heterocycles. The molecule has 1 amide bonds. The quantitative estimate of drug-likeness (QED) is 0.788. The number of halogens is 1. The predicted molar refractivity (Wildman–Crippen MR) is 83.1 cm³/mol. The fourth-order valence-electron chi connectivity index (χ4n) is 2.94. The van der Waals surface area contributed by atoms with E-state index < -0.39 is 0 Å². The number of rotatable bonds is 2. The van der Waals surface area contributed by atoms with Crippen LogP contribution < -0.4 is 9.80 Å². The van der Waals surface area contributed by atoms with Crippen LogP contribution >= 0.6 is 23.4 Å². The van der Waals surface area contributed by atoms with Crippen LogP contribution in [0.25, 0.3) is 0 Å². The van der Waals surface area contributed by atoms with E-state index in [-0.39, 0.29) is 11.8 Å². The van der Waals surface area contributed by atoms with E-state index in [1.165, 1.54) is 10.6 Å². The number of hydrogen-bond donors (Lipinski definition) is 0. The van der Waals surface area contributed by atoms with Gasteiger partial charge in [0.15, 0.2) is 5.17 Å². The zero-order chi connectivity index (χ0) is 13.7. The summed E-state index contributed by atoms with van der Waals surface area (Å²) in [6.45, 7) is 2.54. The average Bonchev–Trinajstić information content (AvgIpc) is 3.11. The van der Waals surface area contributed by atoms with Crippen molar-refractivity contribution in [3.8, 4) is 0 Å². The molecule has 0 bridgehead atoms. The highest BCUT2D eigenvalue weighted by Crippen LogP contribution is 2.44. The van der Waals surface area contributed by atoms with Gasteiger partial charge in [-0.05, 0) is 35.9 Å². The summed E-state index contributed by atoms with van der Waals surface area (Å²) in [5, 5.41) is 1.09. The number of nitrogens with zero attached hydrogens (tertiary/aromatic N) is 3. The van der Waals surface area contributed by atoms with Crippen LogP contribution in [-0.2, 0) is 4.79 Å². The smallest absolute Gasteiger partial charge is 0.227 e. The third kappa shape index (κ3) is 1.84. The number of amidine groups is 1. The maximum atomic E-state index is 12.1. The minimum Gasteiger partial charge on any atom is -0.318 e. The molecule has 0 aliphatic carbocycles. The van der Waals surface area contributed by atoms with Crippen molar-refractivity contribution in [2.75, 3.05) is 35.3 Å². The number of alkyl halides is 1. The van der Waals surface area contributed by atoms with Gasteiger partial charge in [-0.3, -0.25) is 9.79 Å². The summed E-state index contributed by atoms with van der Waals surface area (Å²) in [7, 11) is 0. The molecule has 0 aromatic heterocycles. The number of aliphatic imine (C=N–C) groups is 1. The van der Waals surface area contributed by atoms with Gasteiger partial charge in [-0.15, -0.1) is 11.6 Å². The molecule has 20 heavy (non-hydrogen) atoms. The lowest BCUT2D eigenvalue weighted by molar-refractivity contribution is -0.117. The molecule has 4 rings (SSSR count). The van der Waals surface area contributed by atoms with Crippen molar-refractivity contribution in [3.05, 3.63) is 18.2 Å². The third-order valence-electron chi connectivity index (χ3n) is 3.97. The molecule has 3 aliphatic rings. The summed E-state index contributed by atoms with van der Waals surface area (Å²) in [4.78, 5) is 21.9. The maximum Gasteiger partial charge on any atom is 0.227 e. The molecule has 3 aliphatic heterocycles. The molecule has 0 N–H and O–H groups in total. The van der Waals surface area contributed by atoms with Crippen molar-refractivity contribution in [2.24, 2.45) is 10.9 Å². The minimum absolute atomic E-state index is 0.177. The molecule has 0 saturated carbocycles. The van der Waals surface area contributed by atoms with Gasteiger partial charge < -0.3 is 9.80 Å². The number of carbonyl (C=O) groups excluding carboxylic acids is 1. The van der Waals surface area contributed by atoms with Gasteiger partial charge in [-0.1, -0.05) is 0 Å². The van der Waals surface area contributed by atoms with E-state index in [9.17, 15) is 4.79 Å². The molecule has 4 nitrogen and oxygen atoms in total. The van der Waals surface area contributed by atoms with E-state index in [4.69, 9.17) is 11.6 Å². The van der Waals surface area contributed by atoms with Crippen LogP contribution in [0.4, 0.5) is 11.4 Å². The molecule has 104 valence electrons. The first-order valence-electron chi connectivity index (χ1n) is 6.76. The number of benzene rings is 1. The van der Waals surface area contributed by atoms with E-state index in [0.29, 0.717) is 12.3 Å². The van der Waals surface area contributed by atoms with Crippen LogP contribution in [-0.4, -0.2) is 36.6 Å². The Hall–Kier alpha value is -1.20. The van der Waals surface area contributed by atoms with Crippen LogP contribution in [0, 0.1) is 5.92 Å². The van der Waals surface area contributed by atoms with Gasteiger partial charge in [0.25, 0.3) is 0 Å². The van der Waals surface area contributed by atoms with Crippen LogP contribution in [0.5, 0.6) is 0 Å². The molecule has 1 aromatic rings. The molecule has 1 saturated heterocycles. The summed E-state index contributed by atoms with van der Waals surface area (Å²) in [6.07, 6.45) is 0.561. The van der Waals surface area contributed by atoms with E-state index in [1.54, 1.807) is 11.8 Å². The second kappa shape index (κ2) is 4.67. The van der Waals surface area contributed by atoms with Gasteiger partial charge in [-0.25, -0.2) is 0 Å². The van der Waals surface area contributed by atoms with Crippen molar-refractivity contribution in [3.63, 3.8) is 0 Å². The van der Waals surface area contributed by atoms with Crippen molar-refractivity contribution in [1.29, 1.82) is 0 Å². The largest absolute Gasteiger partial charge is 0.318 e. The number of hydrogen-bond acceptors (Lipinski definition) is 4. The zero-order valence-electron chi connectivity index (χ0n) is 10.9. The van der Waals surface area contributed by atoms with E-state index in [0.717, 1.165) is 30.5 Å². The molecule has 1 fully saturated rings. The van der Waals surface area contributed by atoms with Crippen LogP contribution in [0.3, 0.4) is 0 Å². The highest BCUT2D eigenvalue weighted by atomic mass is 35.5. The molecule has 0 spiro atoms. The third-order valence-corrected chi connectivity index (χ3v) is 5.50. The van der Waals surface area contributed by atoms with Crippen molar-refractivity contribution in [1.82, 2.24) is 0 Å². The Balaban J connectivity index is 1.67. The molecule has 1 aromatic carbocycles. The van der Waals surface area contributed by atoms with Gasteiger partial charge in [0.05, 0.1) is 12.2 Å². The lowest BCUT2D eigenvalue weighted by atomic mass is 10.1. The summed E-state index contributed by atoms with van der Waals surface area (Å²) in [5.74, 6) is 0.999. The van der Waals surface area contributed by atoms with Gasteiger partial charge >= 0.3 is 0 Å².